The molecular formula is C18H20FN5O3. The van der Waals surface area contributed by atoms with E-state index in [2.05, 4.69) is 20.3 Å². The number of fused-ring (bicyclic) bond motifs is 1. The Bertz CT molecular complexity index is 973. The van der Waals surface area contributed by atoms with Crippen molar-refractivity contribution in [2.45, 2.75) is 13.5 Å². The van der Waals surface area contributed by atoms with Crippen molar-refractivity contribution in [2.75, 3.05) is 27.4 Å². The molecule has 9 heteroatoms. The molecule has 142 valence electrons. The summed E-state index contributed by atoms with van der Waals surface area (Å²) in [5, 5.41) is 2.52. The number of halogens is 1. The predicted molar refractivity (Wildman–Crippen MR) is 97.0 cm³/mol. The lowest BCUT2D eigenvalue weighted by atomic mass is 10.1. The molecule has 0 aliphatic rings. The lowest BCUT2D eigenvalue weighted by Gasteiger charge is -2.11. The van der Waals surface area contributed by atoms with Gasteiger partial charge in [-0.2, -0.15) is 0 Å². The predicted octanol–water partition coefficient (Wildman–Crippen LogP) is 1.90. The summed E-state index contributed by atoms with van der Waals surface area (Å²) in [5.74, 6) is 0.613. The molecule has 1 N–H and O–H groups in total. The first-order valence-corrected chi connectivity index (χ1v) is 8.30. The highest BCUT2D eigenvalue weighted by Crippen LogP contribution is 2.26. The first kappa shape index (κ1) is 18.6. The summed E-state index contributed by atoms with van der Waals surface area (Å²) in [6.07, 6.45) is 3.07. The molecule has 0 spiro atoms. The van der Waals surface area contributed by atoms with E-state index in [1.807, 2.05) is 11.5 Å². The van der Waals surface area contributed by atoms with Crippen LogP contribution in [0.25, 0.3) is 11.0 Å². The molecule has 2 heterocycles. The molecule has 0 fully saturated rings. The monoisotopic (exact) mass is 373 g/mol. The van der Waals surface area contributed by atoms with E-state index < -0.39 is 12.6 Å². The van der Waals surface area contributed by atoms with Crippen LogP contribution < -0.4 is 14.8 Å². The number of aromatic nitrogens is 4. The van der Waals surface area contributed by atoms with E-state index in [1.165, 1.54) is 13.4 Å². The van der Waals surface area contributed by atoms with Crippen LogP contribution in [0, 0.1) is 6.92 Å². The SMILES string of the molecule is COc1cc(C(=O)NCCF)c2ncn(Cc3ncnc(OC)c3C)c2c1. The quantitative estimate of drug-likeness (QED) is 0.680. The molecule has 0 saturated carbocycles. The van der Waals surface area contributed by atoms with Gasteiger partial charge >= 0.3 is 0 Å². The largest absolute Gasteiger partial charge is 0.497 e. The average Bonchev–Trinajstić information content (AvgIpc) is 3.09. The number of imidazole rings is 1. The number of methoxy groups -OCH3 is 2. The maximum atomic E-state index is 12.4. The molecule has 1 amide bonds. The fraction of sp³-hybridized carbons (Fsp3) is 0.333. The molecule has 0 radical (unpaired) electrons. The highest BCUT2D eigenvalue weighted by atomic mass is 19.1. The van der Waals surface area contributed by atoms with Crippen molar-refractivity contribution in [3.63, 3.8) is 0 Å². The molecule has 0 aliphatic carbocycles. The second kappa shape index (κ2) is 7.98. The zero-order valence-corrected chi connectivity index (χ0v) is 15.3. The molecule has 0 aliphatic heterocycles. The normalized spacial score (nSPS) is 10.8. The Morgan fingerprint density at radius 1 is 1.22 bits per heavy atom. The second-order valence-electron chi connectivity index (χ2n) is 5.81. The number of hydrogen-bond donors (Lipinski definition) is 1. The summed E-state index contributed by atoms with van der Waals surface area (Å²) >= 11 is 0. The molecule has 3 rings (SSSR count). The van der Waals surface area contributed by atoms with Crippen LogP contribution in [0.15, 0.2) is 24.8 Å². The van der Waals surface area contributed by atoms with Crippen molar-refractivity contribution in [2.24, 2.45) is 0 Å². The number of carbonyl (C=O) groups is 1. The van der Waals surface area contributed by atoms with E-state index in [1.54, 1.807) is 25.6 Å². The van der Waals surface area contributed by atoms with Crippen LogP contribution in [0.1, 0.15) is 21.6 Å². The van der Waals surface area contributed by atoms with Gasteiger partial charge in [0, 0.05) is 18.2 Å². The van der Waals surface area contributed by atoms with E-state index in [0.29, 0.717) is 34.8 Å². The van der Waals surface area contributed by atoms with Crippen LogP contribution in [-0.4, -0.2) is 52.9 Å². The van der Waals surface area contributed by atoms with Gasteiger partial charge in [0.15, 0.2) is 0 Å². The molecule has 2 aromatic heterocycles. The lowest BCUT2D eigenvalue weighted by Crippen LogP contribution is -2.25. The number of alkyl halides is 1. The fourth-order valence-electron chi connectivity index (χ4n) is 2.81. The van der Waals surface area contributed by atoms with Gasteiger partial charge < -0.3 is 19.4 Å². The highest BCUT2D eigenvalue weighted by molar-refractivity contribution is 6.05. The fourth-order valence-corrected chi connectivity index (χ4v) is 2.81. The van der Waals surface area contributed by atoms with Crippen molar-refractivity contribution in [1.82, 2.24) is 24.8 Å². The highest BCUT2D eigenvalue weighted by Gasteiger charge is 2.17. The summed E-state index contributed by atoms with van der Waals surface area (Å²) in [6.45, 7) is 1.60. The summed E-state index contributed by atoms with van der Waals surface area (Å²) in [5.41, 5.74) is 3.13. The number of carbonyl (C=O) groups excluding carboxylic acids is 1. The van der Waals surface area contributed by atoms with Crippen molar-refractivity contribution in [3.8, 4) is 11.6 Å². The molecule has 0 unspecified atom stereocenters. The third-order valence-corrected chi connectivity index (χ3v) is 4.22. The Labute approximate surface area is 155 Å². The minimum Gasteiger partial charge on any atom is -0.497 e. The van der Waals surface area contributed by atoms with Gasteiger partial charge in [-0.3, -0.25) is 4.79 Å². The maximum absolute atomic E-state index is 12.4. The molecule has 0 saturated heterocycles. The maximum Gasteiger partial charge on any atom is 0.253 e. The van der Waals surface area contributed by atoms with Gasteiger partial charge in [0.05, 0.1) is 43.9 Å². The number of nitrogens with zero attached hydrogens (tertiary/aromatic N) is 4. The van der Waals surface area contributed by atoms with Crippen molar-refractivity contribution in [1.29, 1.82) is 0 Å². The van der Waals surface area contributed by atoms with Gasteiger partial charge in [0.25, 0.3) is 5.91 Å². The molecular weight excluding hydrogens is 353 g/mol. The smallest absolute Gasteiger partial charge is 0.253 e. The Morgan fingerprint density at radius 3 is 2.74 bits per heavy atom. The van der Waals surface area contributed by atoms with Crippen molar-refractivity contribution >= 4 is 16.9 Å². The van der Waals surface area contributed by atoms with E-state index in [9.17, 15) is 9.18 Å². The number of benzene rings is 1. The van der Waals surface area contributed by atoms with Gasteiger partial charge in [0.1, 0.15) is 24.3 Å². The van der Waals surface area contributed by atoms with Crippen LogP contribution in [0.5, 0.6) is 11.6 Å². The topological polar surface area (TPSA) is 91.2 Å². The third kappa shape index (κ3) is 3.67. The van der Waals surface area contributed by atoms with Crippen LogP contribution in [0.4, 0.5) is 4.39 Å². The van der Waals surface area contributed by atoms with E-state index >= 15 is 0 Å². The minimum atomic E-state index is -0.637. The van der Waals surface area contributed by atoms with E-state index in [4.69, 9.17) is 9.47 Å². The number of ether oxygens (including phenoxy) is 2. The second-order valence-corrected chi connectivity index (χ2v) is 5.81. The van der Waals surface area contributed by atoms with E-state index in [-0.39, 0.29) is 6.54 Å². The number of rotatable bonds is 7. The Kier molecular flexibility index (Phi) is 5.49. The average molecular weight is 373 g/mol. The van der Waals surface area contributed by atoms with Gasteiger partial charge in [-0.25, -0.2) is 19.3 Å². The van der Waals surface area contributed by atoms with Gasteiger partial charge in [-0.05, 0) is 13.0 Å². The number of nitrogens with one attached hydrogen (secondary N) is 1. The van der Waals surface area contributed by atoms with E-state index in [0.717, 1.165) is 11.3 Å². The Balaban J connectivity index is 2.04. The Hall–Kier alpha value is -3.23. The standard InChI is InChI=1S/C18H20FN5O3/c1-11-14(21-9-22-18(11)27-3)8-24-10-23-16-13(17(25)20-5-4-19)6-12(26-2)7-15(16)24/h6-7,9-10H,4-5,8H2,1-3H3,(H,20,25). The minimum absolute atomic E-state index is 0.0574. The number of hydrogen-bond acceptors (Lipinski definition) is 6. The molecule has 27 heavy (non-hydrogen) atoms. The van der Waals surface area contributed by atoms with Gasteiger partial charge in [-0.15, -0.1) is 0 Å². The first-order chi connectivity index (χ1) is 13.1. The summed E-state index contributed by atoms with van der Waals surface area (Å²) in [4.78, 5) is 25.1. The zero-order valence-electron chi connectivity index (χ0n) is 15.3. The molecule has 8 nitrogen and oxygen atoms in total. The third-order valence-electron chi connectivity index (χ3n) is 4.22. The number of amides is 1. The molecule has 0 atom stereocenters. The van der Waals surface area contributed by atoms with Crippen LogP contribution >= 0.6 is 0 Å². The van der Waals surface area contributed by atoms with Crippen LogP contribution in [0.3, 0.4) is 0 Å². The van der Waals surface area contributed by atoms with Gasteiger partial charge in [-0.1, -0.05) is 0 Å². The Morgan fingerprint density at radius 2 is 2.04 bits per heavy atom. The van der Waals surface area contributed by atoms with Crippen LogP contribution in [0.2, 0.25) is 0 Å². The molecule has 1 aromatic carbocycles. The molecule has 0 bridgehead atoms. The summed E-state index contributed by atoms with van der Waals surface area (Å²) in [6, 6.07) is 3.38. The summed E-state index contributed by atoms with van der Waals surface area (Å²) < 4.78 is 24.8. The van der Waals surface area contributed by atoms with Crippen molar-refractivity contribution < 1.29 is 18.7 Å². The lowest BCUT2D eigenvalue weighted by molar-refractivity contribution is 0.0952. The van der Waals surface area contributed by atoms with Crippen LogP contribution in [-0.2, 0) is 6.54 Å². The molecule has 3 aromatic rings. The summed E-state index contributed by atoms with van der Waals surface area (Å²) in [7, 11) is 3.07. The van der Waals surface area contributed by atoms with Gasteiger partial charge in [0.2, 0.25) is 5.88 Å². The zero-order chi connectivity index (χ0) is 19.4. The van der Waals surface area contributed by atoms with Crippen molar-refractivity contribution in [3.05, 3.63) is 41.6 Å². The first-order valence-electron chi connectivity index (χ1n) is 8.30.